The molecule has 4 aromatic rings. The van der Waals surface area contributed by atoms with E-state index in [1.54, 1.807) is 6.08 Å². The Labute approximate surface area is 248 Å². The first-order valence-corrected chi connectivity index (χ1v) is 14.3. The van der Waals surface area contributed by atoms with E-state index in [-0.39, 0.29) is 18.9 Å². The van der Waals surface area contributed by atoms with Crippen molar-refractivity contribution in [3.8, 4) is 5.75 Å². The lowest BCUT2D eigenvalue weighted by molar-refractivity contribution is -0.129. The first-order chi connectivity index (χ1) is 20.1. The fraction of sp³-hybridized carbons (Fsp3) is 0.212. The number of carbonyl (C=O) groups excluding carboxylic acids is 1. The standard InChI is InChI=1S/C33H32BrN3O4/c1-2-19-33(32(39)37-35-22-25-11-7-10-23-9-3-4-12-27(23)25)30(28-13-5-6-14-29(28)34)41-31(36-33)24-15-17-26(18-16-24)40-21-8-20-38/h2-7,9-18,30,35,38H,1,8,19-22H2,(H,37,39)/t30-,33-/m0/s1. The largest absolute Gasteiger partial charge is 0.494 e. The molecule has 0 saturated carbocycles. The van der Waals surface area contributed by atoms with Gasteiger partial charge in [0.15, 0.2) is 11.6 Å². The lowest BCUT2D eigenvalue weighted by atomic mass is 9.84. The quantitative estimate of drug-likeness (QED) is 0.103. The van der Waals surface area contributed by atoms with Crippen molar-refractivity contribution in [2.75, 3.05) is 13.2 Å². The summed E-state index contributed by atoms with van der Waals surface area (Å²) >= 11 is 3.64. The van der Waals surface area contributed by atoms with Crippen molar-refractivity contribution >= 4 is 38.5 Å². The molecular formula is C33H32BrN3O4. The van der Waals surface area contributed by atoms with Crippen LogP contribution in [0.25, 0.3) is 10.8 Å². The summed E-state index contributed by atoms with van der Waals surface area (Å²) in [5, 5.41) is 11.3. The number of ether oxygens (including phenoxy) is 2. The number of halogens is 1. The van der Waals surface area contributed by atoms with Crippen LogP contribution in [0.4, 0.5) is 0 Å². The molecule has 1 amide bonds. The predicted octanol–water partition coefficient (Wildman–Crippen LogP) is 6.02. The van der Waals surface area contributed by atoms with Crippen LogP contribution in [0.2, 0.25) is 0 Å². The molecule has 210 valence electrons. The lowest BCUT2D eigenvalue weighted by Gasteiger charge is -2.30. The third-order valence-corrected chi connectivity index (χ3v) is 7.76. The van der Waals surface area contributed by atoms with E-state index < -0.39 is 11.6 Å². The van der Waals surface area contributed by atoms with Crippen LogP contribution in [-0.4, -0.2) is 35.7 Å². The molecule has 8 heteroatoms. The average Bonchev–Trinajstić information content (AvgIpc) is 3.38. The zero-order chi connectivity index (χ0) is 28.7. The number of nitrogens with zero attached hydrogens (tertiary/aromatic N) is 1. The summed E-state index contributed by atoms with van der Waals surface area (Å²) in [6.45, 7) is 4.87. The second-order valence-electron chi connectivity index (χ2n) is 9.75. The van der Waals surface area contributed by atoms with Crippen LogP contribution >= 0.6 is 15.9 Å². The van der Waals surface area contributed by atoms with Crippen molar-refractivity contribution in [3.63, 3.8) is 0 Å². The van der Waals surface area contributed by atoms with Gasteiger partial charge in [0.1, 0.15) is 5.75 Å². The second-order valence-corrected chi connectivity index (χ2v) is 10.6. The minimum atomic E-state index is -1.30. The van der Waals surface area contributed by atoms with Crippen LogP contribution in [0, 0.1) is 0 Å². The third-order valence-electron chi connectivity index (χ3n) is 7.03. The highest BCUT2D eigenvalue weighted by atomic mass is 79.9. The first-order valence-electron chi connectivity index (χ1n) is 13.5. The molecule has 41 heavy (non-hydrogen) atoms. The summed E-state index contributed by atoms with van der Waals surface area (Å²) in [5.74, 6) is 0.715. The van der Waals surface area contributed by atoms with E-state index in [0.29, 0.717) is 31.2 Å². The molecule has 4 aromatic carbocycles. The molecule has 0 aromatic heterocycles. The average molecular weight is 615 g/mol. The maximum Gasteiger partial charge on any atom is 0.266 e. The van der Waals surface area contributed by atoms with Crippen LogP contribution in [-0.2, 0) is 16.1 Å². The lowest BCUT2D eigenvalue weighted by Crippen LogP contribution is -2.52. The van der Waals surface area contributed by atoms with Gasteiger partial charge in [0.2, 0.25) is 5.90 Å². The van der Waals surface area contributed by atoms with Crippen molar-refractivity contribution in [1.82, 2.24) is 10.9 Å². The molecule has 0 spiro atoms. The van der Waals surface area contributed by atoms with Gasteiger partial charge in [-0.3, -0.25) is 10.2 Å². The van der Waals surface area contributed by atoms with Gasteiger partial charge in [-0.1, -0.05) is 82.7 Å². The smallest absolute Gasteiger partial charge is 0.266 e. The van der Waals surface area contributed by atoms with Crippen molar-refractivity contribution in [3.05, 3.63) is 125 Å². The molecule has 0 aliphatic carbocycles. The summed E-state index contributed by atoms with van der Waals surface area (Å²) in [7, 11) is 0. The van der Waals surface area contributed by atoms with E-state index in [2.05, 4.69) is 51.6 Å². The summed E-state index contributed by atoms with van der Waals surface area (Å²) in [6.07, 6.45) is 1.80. The Kier molecular flexibility index (Phi) is 9.14. The van der Waals surface area contributed by atoms with E-state index >= 15 is 0 Å². The van der Waals surface area contributed by atoms with E-state index in [4.69, 9.17) is 19.6 Å². The monoisotopic (exact) mass is 613 g/mol. The fourth-order valence-corrected chi connectivity index (χ4v) is 5.47. The van der Waals surface area contributed by atoms with Crippen molar-refractivity contribution in [2.45, 2.75) is 31.0 Å². The van der Waals surface area contributed by atoms with Crippen LogP contribution in [0.3, 0.4) is 0 Å². The number of hydrogen-bond donors (Lipinski definition) is 3. The Bertz CT molecular complexity index is 1550. The molecule has 2 atom stereocenters. The molecule has 7 nitrogen and oxygen atoms in total. The van der Waals surface area contributed by atoms with Crippen molar-refractivity contribution in [2.24, 2.45) is 4.99 Å². The van der Waals surface area contributed by atoms with Crippen LogP contribution < -0.4 is 15.6 Å². The fourth-order valence-electron chi connectivity index (χ4n) is 4.97. The minimum absolute atomic E-state index is 0.0728. The van der Waals surface area contributed by atoms with Gasteiger partial charge in [-0.2, -0.15) is 0 Å². The number of nitrogens with one attached hydrogen (secondary N) is 2. The number of carbonyl (C=O) groups is 1. The summed E-state index contributed by atoms with van der Waals surface area (Å²) in [6, 6.07) is 29.3. The maximum atomic E-state index is 14.0. The SMILES string of the molecule is C=CC[C@]1(C(=O)NNCc2cccc3ccccc23)N=C(c2ccc(OCCCO)cc2)O[C@H]1c1ccccc1Br. The summed E-state index contributed by atoms with van der Waals surface area (Å²) in [4.78, 5) is 19.0. The Hall–Kier alpha value is -3.98. The number of amides is 1. The van der Waals surface area contributed by atoms with E-state index in [9.17, 15) is 4.79 Å². The van der Waals surface area contributed by atoms with Gasteiger partial charge in [0.05, 0.1) is 6.61 Å². The normalized spacial score (nSPS) is 18.0. The van der Waals surface area contributed by atoms with Gasteiger partial charge in [0, 0.05) is 41.6 Å². The number of hydrazine groups is 1. The molecule has 5 rings (SSSR count). The van der Waals surface area contributed by atoms with Gasteiger partial charge in [-0.25, -0.2) is 10.4 Å². The number of hydrogen-bond acceptors (Lipinski definition) is 6. The minimum Gasteiger partial charge on any atom is -0.494 e. The molecule has 0 radical (unpaired) electrons. The Balaban J connectivity index is 1.43. The predicted molar refractivity (Wildman–Crippen MR) is 165 cm³/mol. The van der Waals surface area contributed by atoms with Crippen molar-refractivity contribution < 1.29 is 19.4 Å². The molecule has 0 bridgehead atoms. The first kappa shape index (κ1) is 28.5. The highest BCUT2D eigenvalue weighted by Gasteiger charge is 2.53. The number of aliphatic hydroxyl groups is 1. The van der Waals surface area contributed by atoms with Crippen LogP contribution in [0.5, 0.6) is 5.75 Å². The molecule has 3 N–H and O–H groups in total. The van der Waals surface area contributed by atoms with Gasteiger partial charge in [-0.05, 0) is 46.7 Å². The molecule has 1 aliphatic rings. The molecule has 1 heterocycles. The number of benzene rings is 4. The van der Waals surface area contributed by atoms with Crippen LogP contribution in [0.15, 0.2) is 113 Å². The molecule has 1 aliphatic heterocycles. The Morgan fingerprint density at radius 3 is 2.59 bits per heavy atom. The Morgan fingerprint density at radius 1 is 1.05 bits per heavy atom. The topological polar surface area (TPSA) is 92.2 Å². The second kappa shape index (κ2) is 13.1. The highest BCUT2D eigenvalue weighted by Crippen LogP contribution is 2.44. The number of rotatable bonds is 12. The van der Waals surface area contributed by atoms with Gasteiger partial charge in [-0.15, -0.1) is 6.58 Å². The van der Waals surface area contributed by atoms with E-state index in [0.717, 1.165) is 31.9 Å². The van der Waals surface area contributed by atoms with Crippen LogP contribution in [0.1, 0.15) is 35.6 Å². The maximum absolute atomic E-state index is 14.0. The molecule has 0 unspecified atom stereocenters. The number of aliphatic imine (C=N–C) groups is 1. The molecule has 0 fully saturated rings. The summed E-state index contributed by atoms with van der Waals surface area (Å²) < 4.78 is 13.0. The zero-order valence-electron chi connectivity index (χ0n) is 22.6. The molecular weight excluding hydrogens is 582 g/mol. The summed E-state index contributed by atoms with van der Waals surface area (Å²) in [5.41, 5.74) is 7.33. The van der Waals surface area contributed by atoms with Gasteiger partial charge >= 0.3 is 0 Å². The van der Waals surface area contributed by atoms with E-state index in [1.165, 1.54) is 0 Å². The Morgan fingerprint density at radius 2 is 1.80 bits per heavy atom. The van der Waals surface area contributed by atoms with Gasteiger partial charge < -0.3 is 14.6 Å². The molecule has 0 saturated heterocycles. The van der Waals surface area contributed by atoms with Crippen molar-refractivity contribution in [1.29, 1.82) is 0 Å². The highest BCUT2D eigenvalue weighted by molar-refractivity contribution is 9.10. The van der Waals surface area contributed by atoms with E-state index in [1.807, 2.05) is 72.8 Å². The third kappa shape index (κ3) is 6.20. The number of fused-ring (bicyclic) bond motifs is 1. The van der Waals surface area contributed by atoms with Gasteiger partial charge in [0.25, 0.3) is 5.91 Å². The zero-order valence-corrected chi connectivity index (χ0v) is 24.1. The number of aliphatic hydroxyl groups excluding tert-OH is 1.